The second kappa shape index (κ2) is 5.90. The zero-order chi connectivity index (χ0) is 12.1. The van der Waals surface area contributed by atoms with Crippen LogP contribution in [0.2, 0.25) is 0 Å². The number of nitrogens with one attached hydrogen (secondary N) is 1. The monoisotopic (exact) mass is 221 g/mol. The highest BCUT2D eigenvalue weighted by atomic mass is 16.5. The normalized spacial score (nSPS) is 12.9. The Balaban J connectivity index is 2.81. The molecule has 0 spiro atoms. The molecule has 1 atom stereocenters. The highest BCUT2D eigenvalue weighted by Crippen LogP contribution is 2.23. The first-order chi connectivity index (χ1) is 7.56. The van der Waals surface area contributed by atoms with E-state index in [0.29, 0.717) is 5.92 Å². The Bertz CT molecular complexity index is 334. The van der Waals surface area contributed by atoms with Gasteiger partial charge in [0.15, 0.2) is 0 Å². The summed E-state index contributed by atoms with van der Waals surface area (Å²) in [5.41, 5.74) is 2.52. The minimum Gasteiger partial charge on any atom is -0.489 e. The van der Waals surface area contributed by atoms with Crippen LogP contribution < -0.4 is 10.1 Å². The van der Waals surface area contributed by atoms with E-state index in [1.54, 1.807) is 0 Å². The smallest absolute Gasteiger partial charge is 0.122 e. The number of aryl methyl sites for hydroxylation is 1. The zero-order valence-corrected chi connectivity index (χ0v) is 11.0. The van der Waals surface area contributed by atoms with Crippen LogP contribution in [-0.2, 0) is 0 Å². The standard InChI is InChI=1S/C14H23NO/c1-10(2)14(9-15-5)16-13-8-6-7-11(3)12(13)4/h6-8,10,14-15H,9H2,1-5H3. The van der Waals surface area contributed by atoms with Crippen LogP contribution in [0.5, 0.6) is 5.75 Å². The van der Waals surface area contributed by atoms with Gasteiger partial charge in [0.1, 0.15) is 11.9 Å². The van der Waals surface area contributed by atoms with Crippen LogP contribution in [0.3, 0.4) is 0 Å². The van der Waals surface area contributed by atoms with Crippen molar-refractivity contribution in [1.29, 1.82) is 0 Å². The summed E-state index contributed by atoms with van der Waals surface area (Å²) in [6.45, 7) is 9.48. The molecule has 0 aromatic heterocycles. The first-order valence-electron chi connectivity index (χ1n) is 5.93. The lowest BCUT2D eigenvalue weighted by molar-refractivity contribution is 0.150. The molecule has 0 amide bonds. The molecule has 0 bridgehead atoms. The Kier molecular flexibility index (Phi) is 4.81. The van der Waals surface area contributed by atoms with Gasteiger partial charge in [-0.05, 0) is 44.0 Å². The van der Waals surface area contributed by atoms with E-state index in [4.69, 9.17) is 4.74 Å². The molecule has 0 aliphatic carbocycles. The minimum absolute atomic E-state index is 0.227. The summed E-state index contributed by atoms with van der Waals surface area (Å²) in [6, 6.07) is 6.21. The summed E-state index contributed by atoms with van der Waals surface area (Å²) in [5, 5.41) is 3.18. The molecule has 1 N–H and O–H groups in total. The summed E-state index contributed by atoms with van der Waals surface area (Å²) in [7, 11) is 1.96. The second-order valence-corrected chi connectivity index (χ2v) is 4.66. The molecule has 0 radical (unpaired) electrons. The first kappa shape index (κ1) is 13.0. The molecule has 2 nitrogen and oxygen atoms in total. The average molecular weight is 221 g/mol. The molecule has 0 saturated heterocycles. The van der Waals surface area contributed by atoms with Crippen LogP contribution in [-0.4, -0.2) is 19.7 Å². The molecule has 0 fully saturated rings. The SMILES string of the molecule is CNCC(Oc1cccc(C)c1C)C(C)C. The quantitative estimate of drug-likeness (QED) is 0.825. The fourth-order valence-corrected chi connectivity index (χ4v) is 1.63. The Labute approximate surface area is 99.0 Å². The third kappa shape index (κ3) is 3.24. The Morgan fingerprint density at radius 3 is 2.50 bits per heavy atom. The van der Waals surface area contributed by atoms with E-state index in [1.165, 1.54) is 11.1 Å². The fraction of sp³-hybridized carbons (Fsp3) is 0.571. The number of hydrogen-bond donors (Lipinski definition) is 1. The van der Waals surface area contributed by atoms with Crippen molar-refractivity contribution in [2.45, 2.75) is 33.8 Å². The Hall–Kier alpha value is -1.02. The van der Waals surface area contributed by atoms with Crippen molar-refractivity contribution in [1.82, 2.24) is 5.32 Å². The molecule has 0 aliphatic heterocycles. The number of likely N-dealkylation sites (N-methyl/N-ethyl adjacent to an activating group) is 1. The van der Waals surface area contributed by atoms with Gasteiger partial charge in [-0.2, -0.15) is 0 Å². The van der Waals surface area contributed by atoms with E-state index in [-0.39, 0.29) is 6.10 Å². The van der Waals surface area contributed by atoms with E-state index >= 15 is 0 Å². The van der Waals surface area contributed by atoms with Crippen molar-refractivity contribution in [3.8, 4) is 5.75 Å². The molecule has 0 saturated carbocycles. The molecule has 1 unspecified atom stereocenters. The van der Waals surface area contributed by atoms with Gasteiger partial charge >= 0.3 is 0 Å². The molecule has 0 heterocycles. The van der Waals surface area contributed by atoms with E-state index in [1.807, 2.05) is 13.1 Å². The van der Waals surface area contributed by atoms with Crippen LogP contribution in [0.15, 0.2) is 18.2 Å². The van der Waals surface area contributed by atoms with Gasteiger partial charge in [0.25, 0.3) is 0 Å². The maximum absolute atomic E-state index is 6.07. The van der Waals surface area contributed by atoms with Crippen molar-refractivity contribution in [3.05, 3.63) is 29.3 Å². The van der Waals surface area contributed by atoms with Crippen molar-refractivity contribution in [2.24, 2.45) is 5.92 Å². The molecule has 1 rings (SSSR count). The lowest BCUT2D eigenvalue weighted by Gasteiger charge is -2.23. The Morgan fingerprint density at radius 2 is 1.94 bits per heavy atom. The van der Waals surface area contributed by atoms with Crippen LogP contribution in [0, 0.1) is 19.8 Å². The molecule has 1 aromatic rings. The van der Waals surface area contributed by atoms with E-state index in [9.17, 15) is 0 Å². The lowest BCUT2D eigenvalue weighted by atomic mass is 10.1. The van der Waals surface area contributed by atoms with E-state index in [0.717, 1.165) is 12.3 Å². The average Bonchev–Trinajstić information content (AvgIpc) is 2.23. The predicted molar refractivity (Wildman–Crippen MR) is 69.1 cm³/mol. The summed E-state index contributed by atoms with van der Waals surface area (Å²) in [5.74, 6) is 1.52. The second-order valence-electron chi connectivity index (χ2n) is 4.66. The van der Waals surface area contributed by atoms with Gasteiger partial charge in [0.05, 0.1) is 0 Å². The van der Waals surface area contributed by atoms with Crippen molar-refractivity contribution >= 4 is 0 Å². The van der Waals surface area contributed by atoms with Crippen LogP contribution in [0.25, 0.3) is 0 Å². The van der Waals surface area contributed by atoms with E-state index in [2.05, 4.69) is 45.1 Å². The third-order valence-corrected chi connectivity index (χ3v) is 2.98. The summed E-state index contributed by atoms with van der Waals surface area (Å²) < 4.78 is 6.07. The Morgan fingerprint density at radius 1 is 1.25 bits per heavy atom. The first-order valence-corrected chi connectivity index (χ1v) is 5.93. The van der Waals surface area contributed by atoms with Gasteiger partial charge in [0.2, 0.25) is 0 Å². The highest BCUT2D eigenvalue weighted by molar-refractivity contribution is 5.38. The minimum atomic E-state index is 0.227. The third-order valence-electron chi connectivity index (χ3n) is 2.98. The molecular weight excluding hydrogens is 198 g/mol. The van der Waals surface area contributed by atoms with Crippen LogP contribution >= 0.6 is 0 Å². The molecular formula is C14H23NO. The molecule has 16 heavy (non-hydrogen) atoms. The topological polar surface area (TPSA) is 21.3 Å². The molecule has 90 valence electrons. The number of benzene rings is 1. The van der Waals surface area contributed by atoms with Crippen molar-refractivity contribution in [3.63, 3.8) is 0 Å². The van der Waals surface area contributed by atoms with Gasteiger partial charge in [-0.1, -0.05) is 26.0 Å². The number of hydrogen-bond acceptors (Lipinski definition) is 2. The van der Waals surface area contributed by atoms with E-state index < -0.39 is 0 Å². The summed E-state index contributed by atoms with van der Waals surface area (Å²) in [6.07, 6.45) is 0.227. The van der Waals surface area contributed by atoms with Gasteiger partial charge in [0, 0.05) is 6.54 Å². The summed E-state index contributed by atoms with van der Waals surface area (Å²) >= 11 is 0. The van der Waals surface area contributed by atoms with Gasteiger partial charge in [-0.15, -0.1) is 0 Å². The maximum atomic E-state index is 6.07. The van der Waals surface area contributed by atoms with Crippen molar-refractivity contribution < 1.29 is 4.74 Å². The van der Waals surface area contributed by atoms with Gasteiger partial charge in [-0.25, -0.2) is 0 Å². The van der Waals surface area contributed by atoms with Crippen LogP contribution in [0.4, 0.5) is 0 Å². The largest absolute Gasteiger partial charge is 0.489 e. The predicted octanol–water partition coefficient (Wildman–Crippen LogP) is 2.93. The fourth-order valence-electron chi connectivity index (χ4n) is 1.63. The van der Waals surface area contributed by atoms with Gasteiger partial charge < -0.3 is 10.1 Å². The van der Waals surface area contributed by atoms with Gasteiger partial charge in [-0.3, -0.25) is 0 Å². The molecule has 2 heteroatoms. The highest BCUT2D eigenvalue weighted by Gasteiger charge is 2.15. The van der Waals surface area contributed by atoms with Crippen LogP contribution in [0.1, 0.15) is 25.0 Å². The number of rotatable bonds is 5. The zero-order valence-electron chi connectivity index (χ0n) is 11.0. The maximum Gasteiger partial charge on any atom is 0.122 e. The van der Waals surface area contributed by atoms with Crippen molar-refractivity contribution in [2.75, 3.05) is 13.6 Å². The molecule has 1 aromatic carbocycles. The molecule has 0 aliphatic rings. The lowest BCUT2D eigenvalue weighted by Crippen LogP contribution is -2.33. The summed E-state index contributed by atoms with van der Waals surface area (Å²) in [4.78, 5) is 0. The number of ether oxygens (including phenoxy) is 1.